The molecule has 120 valence electrons. The molecule has 0 fully saturated rings. The summed E-state index contributed by atoms with van der Waals surface area (Å²) in [6.07, 6.45) is 3.41. The summed E-state index contributed by atoms with van der Waals surface area (Å²) >= 11 is 6.06. The highest BCUT2D eigenvalue weighted by Crippen LogP contribution is 2.31. The fourth-order valence-electron chi connectivity index (χ4n) is 2.81. The van der Waals surface area contributed by atoms with Crippen molar-refractivity contribution in [2.75, 3.05) is 5.32 Å². The van der Waals surface area contributed by atoms with E-state index in [9.17, 15) is 9.90 Å². The number of aromatic hydroxyl groups is 1. The van der Waals surface area contributed by atoms with Crippen LogP contribution in [0.15, 0.2) is 47.5 Å². The van der Waals surface area contributed by atoms with E-state index in [1.54, 1.807) is 36.0 Å². The van der Waals surface area contributed by atoms with Gasteiger partial charge in [0.1, 0.15) is 11.0 Å². The summed E-state index contributed by atoms with van der Waals surface area (Å²) in [5.41, 5.74) is 0.450. The van der Waals surface area contributed by atoms with Crippen LogP contribution >= 0.6 is 11.6 Å². The summed E-state index contributed by atoms with van der Waals surface area (Å²) in [5, 5.41) is 16.3. The third-order valence-electron chi connectivity index (χ3n) is 3.95. The van der Waals surface area contributed by atoms with Gasteiger partial charge in [0.15, 0.2) is 5.88 Å². The van der Waals surface area contributed by atoms with Crippen LogP contribution in [0.2, 0.25) is 5.15 Å². The highest BCUT2D eigenvalue weighted by Gasteiger charge is 2.11. The molecule has 4 rings (SSSR count). The van der Waals surface area contributed by atoms with Crippen LogP contribution < -0.4 is 10.9 Å². The van der Waals surface area contributed by atoms with Gasteiger partial charge in [0, 0.05) is 35.9 Å². The van der Waals surface area contributed by atoms with Crippen LogP contribution in [0.1, 0.15) is 0 Å². The zero-order valence-corrected chi connectivity index (χ0v) is 13.4. The van der Waals surface area contributed by atoms with Gasteiger partial charge in [-0.05, 0) is 29.7 Å². The van der Waals surface area contributed by atoms with Crippen molar-refractivity contribution in [3.63, 3.8) is 0 Å². The van der Waals surface area contributed by atoms with Crippen LogP contribution in [0.5, 0.6) is 5.88 Å². The molecule has 0 atom stereocenters. The first-order chi connectivity index (χ1) is 11.5. The molecule has 3 N–H and O–H groups in total. The average molecular weight is 341 g/mol. The maximum Gasteiger partial charge on any atom is 0.259 e. The molecular formula is C17H13ClN4O2. The normalized spacial score (nSPS) is 11.2. The number of aryl methyl sites for hydroxylation is 1. The number of rotatable bonds is 2. The molecule has 6 nitrogen and oxygen atoms in total. The Balaban J connectivity index is 1.88. The topological polar surface area (TPSA) is 82.9 Å². The molecule has 4 aromatic rings. The Kier molecular flexibility index (Phi) is 3.21. The van der Waals surface area contributed by atoms with E-state index in [-0.39, 0.29) is 11.4 Å². The van der Waals surface area contributed by atoms with Gasteiger partial charge >= 0.3 is 0 Å². The molecule has 0 bridgehead atoms. The fraction of sp³-hybridized carbons (Fsp3) is 0.0588. The largest absolute Gasteiger partial charge is 0.494 e. The van der Waals surface area contributed by atoms with Gasteiger partial charge in [-0.1, -0.05) is 17.7 Å². The molecule has 0 amide bonds. The third kappa shape index (κ3) is 2.28. The van der Waals surface area contributed by atoms with E-state index in [1.165, 1.54) is 0 Å². The van der Waals surface area contributed by atoms with Gasteiger partial charge in [0.2, 0.25) is 0 Å². The maximum atomic E-state index is 12.1. The number of nitrogens with zero attached hydrogens (tertiary/aromatic N) is 2. The Labute approximate surface area is 141 Å². The van der Waals surface area contributed by atoms with Crippen LogP contribution in [0.3, 0.4) is 0 Å². The summed E-state index contributed by atoms with van der Waals surface area (Å²) in [4.78, 5) is 19.0. The minimum absolute atomic E-state index is 0.176. The zero-order chi connectivity index (χ0) is 16.8. The van der Waals surface area contributed by atoms with Crippen LogP contribution in [-0.2, 0) is 7.05 Å². The molecule has 3 aromatic heterocycles. The molecule has 1 aromatic carbocycles. The second kappa shape index (κ2) is 5.28. The van der Waals surface area contributed by atoms with Gasteiger partial charge in [0.05, 0.1) is 5.39 Å². The van der Waals surface area contributed by atoms with Crippen molar-refractivity contribution in [3.05, 3.63) is 58.2 Å². The highest BCUT2D eigenvalue weighted by molar-refractivity contribution is 6.30. The van der Waals surface area contributed by atoms with Gasteiger partial charge in [-0.15, -0.1) is 0 Å². The summed E-state index contributed by atoms with van der Waals surface area (Å²) in [6.45, 7) is 0. The Morgan fingerprint density at radius 3 is 2.92 bits per heavy atom. The number of nitrogens with one attached hydrogen (secondary N) is 2. The molecule has 0 spiro atoms. The van der Waals surface area contributed by atoms with Gasteiger partial charge in [0.25, 0.3) is 5.56 Å². The molecular weight excluding hydrogens is 328 g/mol. The summed E-state index contributed by atoms with van der Waals surface area (Å²) in [7, 11) is 1.77. The van der Waals surface area contributed by atoms with Crippen molar-refractivity contribution >= 4 is 44.7 Å². The second-order valence-electron chi connectivity index (χ2n) is 5.56. The van der Waals surface area contributed by atoms with Crippen molar-refractivity contribution in [2.45, 2.75) is 0 Å². The predicted octanol–water partition coefficient (Wildman–Crippen LogP) is 3.52. The summed E-state index contributed by atoms with van der Waals surface area (Å²) < 4.78 is 1.65. The molecule has 0 radical (unpaired) electrons. The minimum atomic E-state index is -0.247. The number of halogens is 1. The van der Waals surface area contributed by atoms with Gasteiger partial charge in [-0.25, -0.2) is 4.98 Å². The smallest absolute Gasteiger partial charge is 0.259 e. The number of anilines is 2. The monoisotopic (exact) mass is 340 g/mol. The number of H-pyrrole nitrogens is 1. The number of aromatic nitrogens is 3. The Morgan fingerprint density at radius 2 is 2.08 bits per heavy atom. The molecule has 0 saturated carbocycles. The molecule has 3 heterocycles. The first-order valence-electron chi connectivity index (χ1n) is 7.26. The average Bonchev–Trinajstić information content (AvgIpc) is 2.82. The predicted molar refractivity (Wildman–Crippen MR) is 95.2 cm³/mol. The van der Waals surface area contributed by atoms with E-state index in [1.807, 2.05) is 18.3 Å². The highest BCUT2D eigenvalue weighted by atomic mass is 35.5. The zero-order valence-electron chi connectivity index (χ0n) is 12.7. The van der Waals surface area contributed by atoms with Crippen molar-refractivity contribution in [1.82, 2.24) is 14.5 Å². The summed E-state index contributed by atoms with van der Waals surface area (Å²) in [6, 6.07) is 8.95. The van der Waals surface area contributed by atoms with Crippen molar-refractivity contribution < 1.29 is 5.11 Å². The molecule has 7 heteroatoms. The quantitative estimate of drug-likeness (QED) is 0.488. The van der Waals surface area contributed by atoms with E-state index in [0.717, 1.165) is 5.39 Å². The number of hydrogen-bond acceptors (Lipinski definition) is 4. The van der Waals surface area contributed by atoms with E-state index in [4.69, 9.17) is 11.6 Å². The van der Waals surface area contributed by atoms with E-state index < -0.39 is 0 Å². The molecule has 0 aliphatic heterocycles. The fourth-order valence-corrected chi connectivity index (χ4v) is 3.01. The Morgan fingerprint density at radius 1 is 1.25 bits per heavy atom. The number of aromatic amines is 1. The minimum Gasteiger partial charge on any atom is -0.494 e. The summed E-state index contributed by atoms with van der Waals surface area (Å²) in [5.74, 6) is 0.546. The Bertz CT molecular complexity index is 1150. The van der Waals surface area contributed by atoms with Crippen molar-refractivity contribution in [2.24, 2.45) is 7.05 Å². The van der Waals surface area contributed by atoms with Crippen molar-refractivity contribution in [1.29, 1.82) is 0 Å². The lowest BCUT2D eigenvalue weighted by Crippen LogP contribution is -2.08. The van der Waals surface area contributed by atoms with Crippen LogP contribution in [0.25, 0.3) is 21.5 Å². The van der Waals surface area contributed by atoms with Gasteiger partial charge in [-0.3, -0.25) is 4.79 Å². The molecule has 0 saturated heterocycles. The van der Waals surface area contributed by atoms with Crippen LogP contribution in [-0.4, -0.2) is 19.6 Å². The lowest BCUT2D eigenvalue weighted by atomic mass is 10.2. The Hall–Kier alpha value is -2.99. The van der Waals surface area contributed by atoms with E-state index >= 15 is 0 Å². The molecule has 0 aliphatic carbocycles. The standard InChI is InChI=1S/C17H13ClN4O2/c1-22-8-10-2-3-11(7-12(10)17(22)24)20-15-14-9(6-13(18)21-15)4-5-19-16(14)23/h2-8,24H,1H3,(H,19,23)(H,20,21). The van der Waals surface area contributed by atoms with Gasteiger partial charge < -0.3 is 20.0 Å². The van der Waals surface area contributed by atoms with Gasteiger partial charge in [-0.2, -0.15) is 0 Å². The second-order valence-corrected chi connectivity index (χ2v) is 5.94. The van der Waals surface area contributed by atoms with E-state index in [2.05, 4.69) is 15.3 Å². The number of pyridine rings is 2. The number of hydrogen-bond donors (Lipinski definition) is 3. The number of benzene rings is 1. The first-order valence-corrected chi connectivity index (χ1v) is 7.64. The van der Waals surface area contributed by atoms with Crippen LogP contribution in [0, 0.1) is 0 Å². The third-order valence-corrected chi connectivity index (χ3v) is 4.14. The SMILES string of the molecule is Cn1cc2ccc(Nc3nc(Cl)cc4cc[nH]c(=O)c34)cc2c1O. The molecule has 0 aliphatic rings. The number of fused-ring (bicyclic) bond motifs is 2. The lowest BCUT2D eigenvalue weighted by molar-refractivity contribution is 0.438. The molecule has 24 heavy (non-hydrogen) atoms. The lowest BCUT2D eigenvalue weighted by Gasteiger charge is -2.09. The first kappa shape index (κ1) is 14.6. The van der Waals surface area contributed by atoms with E-state index in [0.29, 0.717) is 32.8 Å². The molecule has 0 unspecified atom stereocenters. The van der Waals surface area contributed by atoms with Crippen LogP contribution in [0.4, 0.5) is 11.5 Å². The maximum absolute atomic E-state index is 12.1. The van der Waals surface area contributed by atoms with Crippen molar-refractivity contribution in [3.8, 4) is 5.88 Å².